The van der Waals surface area contributed by atoms with Crippen LogP contribution in [0.3, 0.4) is 0 Å². The van der Waals surface area contributed by atoms with Crippen molar-refractivity contribution < 1.29 is 9.21 Å². The molecule has 3 rings (SSSR count). The maximum absolute atomic E-state index is 12.5. The van der Waals surface area contributed by atoms with Gasteiger partial charge in [-0.2, -0.15) is 0 Å². The van der Waals surface area contributed by atoms with Crippen LogP contribution in [0.5, 0.6) is 0 Å². The van der Waals surface area contributed by atoms with Gasteiger partial charge in [0.2, 0.25) is 0 Å². The Balaban J connectivity index is 1.86. The lowest BCUT2D eigenvalue weighted by Gasteiger charge is -2.10. The van der Waals surface area contributed by atoms with Crippen molar-refractivity contribution in [3.05, 3.63) is 65.6 Å². The van der Waals surface area contributed by atoms with Crippen molar-refractivity contribution in [1.29, 1.82) is 5.41 Å². The van der Waals surface area contributed by atoms with Gasteiger partial charge in [-0.1, -0.05) is 0 Å². The Bertz CT molecular complexity index is 1030. The molecule has 6 N–H and O–H groups in total. The van der Waals surface area contributed by atoms with E-state index in [2.05, 4.69) is 20.3 Å². The zero-order valence-electron chi connectivity index (χ0n) is 14.4. The van der Waals surface area contributed by atoms with Crippen molar-refractivity contribution in [1.82, 2.24) is 9.97 Å². The molecule has 9 heteroatoms. The van der Waals surface area contributed by atoms with E-state index in [0.29, 0.717) is 28.3 Å². The molecule has 0 atom stereocenters. The van der Waals surface area contributed by atoms with Gasteiger partial charge in [-0.15, -0.1) is 0 Å². The molecule has 0 unspecified atom stereocenters. The minimum Gasteiger partial charge on any atom is -0.442 e. The van der Waals surface area contributed by atoms with Crippen molar-refractivity contribution in [2.75, 3.05) is 23.8 Å². The lowest BCUT2D eigenvalue weighted by Crippen LogP contribution is -2.16. The lowest BCUT2D eigenvalue weighted by molar-refractivity contribution is 0.102. The van der Waals surface area contributed by atoms with E-state index < -0.39 is 5.91 Å². The van der Waals surface area contributed by atoms with Gasteiger partial charge in [0.25, 0.3) is 5.91 Å². The van der Waals surface area contributed by atoms with Crippen molar-refractivity contribution in [2.45, 2.75) is 0 Å². The largest absolute Gasteiger partial charge is 0.442 e. The van der Waals surface area contributed by atoms with Crippen LogP contribution in [-0.4, -0.2) is 34.8 Å². The summed E-state index contributed by atoms with van der Waals surface area (Å²) in [6.45, 7) is 0. The van der Waals surface area contributed by atoms with E-state index in [9.17, 15) is 4.79 Å². The molecule has 1 amide bonds. The summed E-state index contributed by atoms with van der Waals surface area (Å²) in [5, 5.41) is 10.9. The van der Waals surface area contributed by atoms with Crippen molar-refractivity contribution in [3.8, 4) is 0 Å². The fraction of sp³-hybridized carbons (Fsp3) is 0.0556. The van der Waals surface area contributed by atoms with Crippen molar-refractivity contribution in [3.63, 3.8) is 0 Å². The van der Waals surface area contributed by atoms with Crippen LogP contribution in [0.25, 0.3) is 0 Å². The number of benzene rings is 1. The number of hydrogen-bond acceptors (Lipinski definition) is 8. The zero-order chi connectivity index (χ0) is 19.4. The van der Waals surface area contributed by atoms with Crippen LogP contribution >= 0.6 is 0 Å². The molecular weight excluding hydrogens is 346 g/mol. The summed E-state index contributed by atoms with van der Waals surface area (Å²) in [5.41, 5.74) is 14.1. The number of rotatable bonds is 5. The highest BCUT2D eigenvalue weighted by atomic mass is 16.3. The van der Waals surface area contributed by atoms with Gasteiger partial charge in [0.05, 0.1) is 11.9 Å². The number of oxazole rings is 1. The topological polar surface area (TPSA) is 156 Å². The van der Waals surface area contributed by atoms with E-state index in [4.69, 9.17) is 21.3 Å². The molecule has 0 aliphatic rings. The van der Waals surface area contributed by atoms with Crippen LogP contribution in [0.4, 0.5) is 17.1 Å². The molecule has 0 aliphatic carbocycles. The second-order valence-corrected chi connectivity index (χ2v) is 5.56. The number of nitrogens with one attached hydrogen (secondary N) is 2. The third-order valence-corrected chi connectivity index (χ3v) is 3.70. The maximum atomic E-state index is 12.5. The lowest BCUT2D eigenvalue weighted by atomic mass is 10.1. The van der Waals surface area contributed by atoms with Crippen LogP contribution in [0.2, 0.25) is 0 Å². The van der Waals surface area contributed by atoms with Crippen LogP contribution in [0, 0.1) is 5.41 Å². The molecule has 9 nitrogen and oxygen atoms in total. The average molecular weight is 363 g/mol. The maximum Gasteiger partial charge on any atom is 0.274 e. The fourth-order valence-corrected chi connectivity index (χ4v) is 2.36. The molecule has 2 aromatic heterocycles. The molecule has 0 radical (unpaired) electrons. The summed E-state index contributed by atoms with van der Waals surface area (Å²) in [4.78, 5) is 24.4. The number of nitrogens with two attached hydrogens (primary N) is 2. The quantitative estimate of drug-likeness (QED) is 0.401. The van der Waals surface area contributed by atoms with Gasteiger partial charge < -0.3 is 21.2 Å². The number of nitrogen functional groups attached to an aromatic ring is 2. The highest BCUT2D eigenvalue weighted by Crippen LogP contribution is 2.22. The number of carbonyl (C=O) groups excluding carboxylic acids is 1. The number of carbonyl (C=O) groups is 1. The van der Waals surface area contributed by atoms with E-state index in [1.54, 1.807) is 31.3 Å². The first-order valence-corrected chi connectivity index (χ1v) is 7.87. The SMILES string of the molecule is CN=Cc1nc(C(=O)Nc2ccc(N)c(C(=N)c3cnco3)c2)ccc1N. The molecule has 0 fully saturated rings. The van der Waals surface area contributed by atoms with Crippen molar-refractivity contribution >= 4 is 34.9 Å². The van der Waals surface area contributed by atoms with Gasteiger partial charge in [-0.05, 0) is 30.3 Å². The summed E-state index contributed by atoms with van der Waals surface area (Å²) >= 11 is 0. The summed E-state index contributed by atoms with van der Waals surface area (Å²) < 4.78 is 5.13. The Morgan fingerprint density at radius 1 is 1.26 bits per heavy atom. The Morgan fingerprint density at radius 3 is 2.74 bits per heavy atom. The van der Waals surface area contributed by atoms with Crippen LogP contribution in [0.15, 0.2) is 52.3 Å². The smallest absolute Gasteiger partial charge is 0.274 e. The average Bonchev–Trinajstić information content (AvgIpc) is 3.19. The molecule has 3 aromatic rings. The van der Waals surface area contributed by atoms with Gasteiger partial charge in [0, 0.05) is 30.2 Å². The first-order valence-electron chi connectivity index (χ1n) is 7.87. The monoisotopic (exact) mass is 363 g/mol. The second kappa shape index (κ2) is 7.48. The highest BCUT2D eigenvalue weighted by Gasteiger charge is 2.15. The number of aliphatic imine (C=N–C) groups is 1. The molecular formula is C18H17N7O2. The molecule has 2 heterocycles. The van der Waals surface area contributed by atoms with E-state index in [1.807, 2.05) is 0 Å². The van der Waals surface area contributed by atoms with Crippen molar-refractivity contribution in [2.24, 2.45) is 4.99 Å². The summed E-state index contributed by atoms with van der Waals surface area (Å²) in [6, 6.07) is 7.93. The number of aromatic nitrogens is 2. The van der Waals surface area contributed by atoms with Crippen LogP contribution in [0.1, 0.15) is 27.5 Å². The summed E-state index contributed by atoms with van der Waals surface area (Å²) in [5.74, 6) is -0.156. The fourth-order valence-electron chi connectivity index (χ4n) is 2.36. The summed E-state index contributed by atoms with van der Waals surface area (Å²) in [7, 11) is 1.59. The Morgan fingerprint density at radius 2 is 2.04 bits per heavy atom. The molecule has 1 aromatic carbocycles. The minimum absolute atomic E-state index is 0.0631. The Kier molecular flexibility index (Phi) is 4.93. The first kappa shape index (κ1) is 17.8. The first-order chi connectivity index (χ1) is 13.0. The van der Waals surface area contributed by atoms with E-state index in [1.165, 1.54) is 24.9 Å². The molecule has 0 saturated carbocycles. The molecule has 0 bridgehead atoms. The number of amides is 1. The minimum atomic E-state index is -0.428. The molecule has 136 valence electrons. The number of anilines is 3. The normalized spacial score (nSPS) is 10.9. The van der Waals surface area contributed by atoms with Crippen LogP contribution < -0.4 is 16.8 Å². The zero-order valence-corrected chi connectivity index (χ0v) is 14.4. The third kappa shape index (κ3) is 3.82. The number of hydrogen-bond donors (Lipinski definition) is 4. The van der Waals surface area contributed by atoms with E-state index in [0.717, 1.165) is 0 Å². The predicted octanol–water partition coefficient (Wildman–Crippen LogP) is 1.95. The molecule has 0 aliphatic heterocycles. The molecule has 0 saturated heterocycles. The van der Waals surface area contributed by atoms with Crippen LogP contribution in [-0.2, 0) is 0 Å². The molecule has 27 heavy (non-hydrogen) atoms. The van der Waals surface area contributed by atoms with Gasteiger partial charge in [-0.3, -0.25) is 15.2 Å². The van der Waals surface area contributed by atoms with Gasteiger partial charge >= 0.3 is 0 Å². The standard InChI is InChI=1S/C18H17N7O2/c1-22-7-15-13(20)4-5-14(25-15)18(26)24-10-2-3-12(19)11(6-10)17(21)16-8-23-9-27-16/h2-9,21H,19-20H2,1H3,(H,24,26). The van der Waals surface area contributed by atoms with E-state index in [-0.39, 0.29) is 17.2 Å². The highest BCUT2D eigenvalue weighted by molar-refractivity contribution is 6.13. The van der Waals surface area contributed by atoms with Gasteiger partial charge in [-0.25, -0.2) is 9.97 Å². The second-order valence-electron chi connectivity index (χ2n) is 5.56. The Hall–Kier alpha value is -4.01. The number of nitrogens with zero attached hydrogens (tertiary/aromatic N) is 3. The third-order valence-electron chi connectivity index (χ3n) is 3.70. The van der Waals surface area contributed by atoms with Gasteiger partial charge in [0.1, 0.15) is 17.1 Å². The van der Waals surface area contributed by atoms with Gasteiger partial charge in [0.15, 0.2) is 12.2 Å². The van der Waals surface area contributed by atoms with E-state index >= 15 is 0 Å². The number of pyridine rings is 1. The predicted molar refractivity (Wildman–Crippen MR) is 103 cm³/mol. The Labute approximate surface area is 154 Å². The summed E-state index contributed by atoms with van der Waals surface area (Å²) in [6.07, 6.45) is 4.13. The molecule has 0 spiro atoms.